The molecule has 0 radical (unpaired) electrons. The number of hydrogen-bond acceptors (Lipinski definition) is 5. The summed E-state index contributed by atoms with van der Waals surface area (Å²) in [6, 6.07) is 0. The lowest BCUT2D eigenvalue weighted by Gasteiger charge is -2.29. The van der Waals surface area contributed by atoms with Crippen LogP contribution in [0.4, 0.5) is 0 Å². The highest BCUT2D eigenvalue weighted by Crippen LogP contribution is 2.33. The average Bonchev–Trinajstić information content (AvgIpc) is 2.28. The summed E-state index contributed by atoms with van der Waals surface area (Å²) in [6.45, 7) is 6.13. The van der Waals surface area contributed by atoms with Crippen LogP contribution in [0.2, 0.25) is 0 Å². The molecule has 0 spiro atoms. The summed E-state index contributed by atoms with van der Waals surface area (Å²) in [4.78, 5) is 35.4. The standard InChI is InChI=1S/C14H22O4S/c1-4-18-14(17)13-10(6-9(3)19-5-2)7-11(15)8-12(13)16/h9-10,13H,4-8H2,1-3H3/t9-,10-,13+/m1/s1. The van der Waals surface area contributed by atoms with E-state index >= 15 is 0 Å². The van der Waals surface area contributed by atoms with Crippen LogP contribution in [-0.2, 0) is 19.1 Å². The van der Waals surface area contributed by atoms with Crippen molar-refractivity contribution in [3.8, 4) is 0 Å². The first kappa shape index (κ1) is 16.2. The Hall–Kier alpha value is -0.840. The Bertz CT molecular complexity index is 353. The van der Waals surface area contributed by atoms with Crippen molar-refractivity contribution in [3.05, 3.63) is 0 Å². The van der Waals surface area contributed by atoms with Crippen LogP contribution < -0.4 is 0 Å². The molecule has 0 amide bonds. The van der Waals surface area contributed by atoms with Gasteiger partial charge in [0.1, 0.15) is 11.7 Å². The molecule has 0 heterocycles. The summed E-state index contributed by atoms with van der Waals surface area (Å²) < 4.78 is 4.98. The van der Waals surface area contributed by atoms with E-state index in [2.05, 4.69) is 13.8 Å². The molecule has 0 aromatic carbocycles. The monoisotopic (exact) mass is 286 g/mol. The Kier molecular flexibility index (Phi) is 6.55. The topological polar surface area (TPSA) is 60.4 Å². The van der Waals surface area contributed by atoms with Crippen LogP contribution in [-0.4, -0.2) is 35.1 Å². The second-order valence-electron chi connectivity index (χ2n) is 4.88. The quantitative estimate of drug-likeness (QED) is 0.553. The molecule has 19 heavy (non-hydrogen) atoms. The Morgan fingerprint density at radius 1 is 1.42 bits per heavy atom. The minimum atomic E-state index is -0.738. The van der Waals surface area contributed by atoms with Gasteiger partial charge in [-0.2, -0.15) is 11.8 Å². The molecule has 5 heteroatoms. The lowest BCUT2D eigenvalue weighted by atomic mass is 9.75. The van der Waals surface area contributed by atoms with Crippen molar-refractivity contribution in [1.82, 2.24) is 0 Å². The van der Waals surface area contributed by atoms with Crippen LogP contribution in [0.25, 0.3) is 0 Å². The number of esters is 1. The molecule has 1 saturated carbocycles. The van der Waals surface area contributed by atoms with Crippen molar-refractivity contribution in [2.24, 2.45) is 11.8 Å². The normalized spacial score (nSPS) is 25.2. The minimum Gasteiger partial charge on any atom is -0.465 e. The molecule has 108 valence electrons. The van der Waals surface area contributed by atoms with Gasteiger partial charge in [-0.05, 0) is 25.0 Å². The number of ether oxygens (including phenoxy) is 1. The highest BCUT2D eigenvalue weighted by molar-refractivity contribution is 7.99. The lowest BCUT2D eigenvalue weighted by Crippen LogP contribution is -2.40. The highest BCUT2D eigenvalue weighted by atomic mass is 32.2. The van der Waals surface area contributed by atoms with Gasteiger partial charge < -0.3 is 4.74 Å². The second-order valence-corrected chi connectivity index (χ2v) is 6.59. The van der Waals surface area contributed by atoms with Gasteiger partial charge in [-0.3, -0.25) is 14.4 Å². The maximum atomic E-state index is 11.9. The molecular formula is C14H22O4S. The maximum Gasteiger partial charge on any atom is 0.316 e. The van der Waals surface area contributed by atoms with Crippen LogP contribution in [0.15, 0.2) is 0 Å². The summed E-state index contributed by atoms with van der Waals surface area (Å²) >= 11 is 1.78. The summed E-state index contributed by atoms with van der Waals surface area (Å²) in [5, 5.41) is 0.339. The fourth-order valence-electron chi connectivity index (χ4n) is 2.60. The fourth-order valence-corrected chi connectivity index (χ4v) is 3.56. The number of hydrogen-bond donors (Lipinski definition) is 0. The van der Waals surface area contributed by atoms with Gasteiger partial charge in [0.05, 0.1) is 13.0 Å². The summed E-state index contributed by atoms with van der Waals surface area (Å²) in [5.41, 5.74) is 0. The molecule has 1 fully saturated rings. The number of carbonyl (C=O) groups excluding carboxylic acids is 3. The second kappa shape index (κ2) is 7.68. The number of Topliss-reactive ketones (excluding diaryl/α,β-unsaturated/α-hetero) is 2. The van der Waals surface area contributed by atoms with Crippen molar-refractivity contribution < 1.29 is 19.1 Å². The van der Waals surface area contributed by atoms with Crippen LogP contribution in [0.1, 0.15) is 40.0 Å². The van der Waals surface area contributed by atoms with E-state index in [1.165, 1.54) is 0 Å². The summed E-state index contributed by atoms with van der Waals surface area (Å²) in [7, 11) is 0. The van der Waals surface area contributed by atoms with E-state index in [1.54, 1.807) is 18.7 Å². The summed E-state index contributed by atoms with van der Waals surface area (Å²) in [5.74, 6) is -0.726. The third kappa shape index (κ3) is 4.64. The van der Waals surface area contributed by atoms with E-state index < -0.39 is 11.9 Å². The average molecular weight is 286 g/mol. The van der Waals surface area contributed by atoms with Crippen molar-refractivity contribution in [3.63, 3.8) is 0 Å². The molecule has 0 aromatic rings. The van der Waals surface area contributed by atoms with E-state index in [4.69, 9.17) is 4.74 Å². The van der Waals surface area contributed by atoms with Gasteiger partial charge >= 0.3 is 5.97 Å². The predicted molar refractivity (Wildman–Crippen MR) is 75.1 cm³/mol. The molecule has 0 saturated heterocycles. The number of rotatable bonds is 6. The molecular weight excluding hydrogens is 264 g/mol. The molecule has 0 aromatic heterocycles. The van der Waals surface area contributed by atoms with Crippen molar-refractivity contribution >= 4 is 29.3 Å². The first-order chi connectivity index (χ1) is 8.99. The van der Waals surface area contributed by atoms with E-state index in [0.29, 0.717) is 18.1 Å². The van der Waals surface area contributed by atoms with Crippen LogP contribution in [0.3, 0.4) is 0 Å². The number of carbonyl (C=O) groups is 3. The SMILES string of the molecule is CCOC(=O)[C@@H]1C(=O)CC(=O)C[C@H]1C[C@@H](C)SCC. The first-order valence-corrected chi connectivity index (χ1v) is 7.87. The molecule has 3 atom stereocenters. The first-order valence-electron chi connectivity index (χ1n) is 6.82. The number of ketones is 2. The van der Waals surface area contributed by atoms with Gasteiger partial charge in [-0.25, -0.2) is 0 Å². The molecule has 1 aliphatic rings. The number of thioether (sulfide) groups is 1. The zero-order chi connectivity index (χ0) is 14.4. The molecule has 0 aliphatic heterocycles. The molecule has 0 bridgehead atoms. The smallest absolute Gasteiger partial charge is 0.316 e. The largest absolute Gasteiger partial charge is 0.465 e. The van der Waals surface area contributed by atoms with E-state index in [0.717, 1.165) is 5.75 Å². The Morgan fingerprint density at radius 3 is 2.68 bits per heavy atom. The molecule has 0 N–H and O–H groups in total. The van der Waals surface area contributed by atoms with Crippen molar-refractivity contribution in [1.29, 1.82) is 0 Å². The van der Waals surface area contributed by atoms with Gasteiger partial charge in [0.15, 0.2) is 5.78 Å². The van der Waals surface area contributed by atoms with Crippen LogP contribution in [0.5, 0.6) is 0 Å². The van der Waals surface area contributed by atoms with E-state index in [1.807, 2.05) is 0 Å². The highest BCUT2D eigenvalue weighted by Gasteiger charge is 2.41. The third-order valence-corrected chi connectivity index (χ3v) is 4.40. The maximum absolute atomic E-state index is 11.9. The van der Waals surface area contributed by atoms with Crippen LogP contribution in [0, 0.1) is 11.8 Å². The van der Waals surface area contributed by atoms with Crippen molar-refractivity contribution in [2.75, 3.05) is 12.4 Å². The van der Waals surface area contributed by atoms with Gasteiger partial charge in [-0.15, -0.1) is 0 Å². The zero-order valence-electron chi connectivity index (χ0n) is 11.8. The van der Waals surface area contributed by atoms with Gasteiger partial charge in [-0.1, -0.05) is 13.8 Å². The van der Waals surface area contributed by atoms with Crippen LogP contribution >= 0.6 is 11.8 Å². The van der Waals surface area contributed by atoms with Crippen molar-refractivity contribution in [2.45, 2.75) is 45.3 Å². The predicted octanol–water partition coefficient (Wildman–Crippen LogP) is 2.25. The molecule has 1 rings (SSSR count). The molecule has 0 unspecified atom stereocenters. The third-order valence-electron chi connectivity index (χ3n) is 3.31. The molecule has 1 aliphatic carbocycles. The minimum absolute atomic E-state index is 0.0516. The Labute approximate surface area is 118 Å². The van der Waals surface area contributed by atoms with E-state index in [9.17, 15) is 14.4 Å². The van der Waals surface area contributed by atoms with Gasteiger partial charge in [0.2, 0.25) is 0 Å². The Morgan fingerprint density at radius 2 is 2.11 bits per heavy atom. The fraction of sp³-hybridized carbons (Fsp3) is 0.786. The lowest BCUT2D eigenvalue weighted by molar-refractivity contribution is -0.156. The summed E-state index contributed by atoms with van der Waals surface area (Å²) in [6.07, 6.45) is 0.915. The Balaban J connectivity index is 2.78. The van der Waals surface area contributed by atoms with Gasteiger partial charge in [0.25, 0.3) is 0 Å². The zero-order valence-corrected chi connectivity index (χ0v) is 12.6. The molecule has 4 nitrogen and oxygen atoms in total. The van der Waals surface area contributed by atoms with E-state index in [-0.39, 0.29) is 30.5 Å². The van der Waals surface area contributed by atoms with Gasteiger partial charge in [0, 0.05) is 11.7 Å².